The topological polar surface area (TPSA) is 23.8 Å². The lowest BCUT2D eigenvalue weighted by molar-refractivity contribution is 0.813. The minimum atomic E-state index is -0.141. The Morgan fingerprint density at radius 2 is 1.93 bits per heavy atom. The summed E-state index contributed by atoms with van der Waals surface area (Å²) in [6, 6.07) is 2.18. The van der Waals surface area contributed by atoms with Crippen LogP contribution in [0.4, 0.5) is 0 Å². The molecule has 0 heterocycles. The zero-order chi connectivity index (χ0) is 11.4. The van der Waals surface area contributed by atoms with Crippen molar-refractivity contribution in [2.24, 2.45) is 5.92 Å². The van der Waals surface area contributed by atoms with Crippen molar-refractivity contribution in [1.29, 1.82) is 5.26 Å². The van der Waals surface area contributed by atoms with Gasteiger partial charge in [-0.25, -0.2) is 0 Å². The van der Waals surface area contributed by atoms with E-state index in [0.29, 0.717) is 6.42 Å². The quantitative estimate of drug-likeness (QED) is 0.473. The van der Waals surface area contributed by atoms with E-state index in [4.69, 9.17) is 5.26 Å². The Balaban J connectivity index is 0. The van der Waals surface area contributed by atoms with Crippen LogP contribution in [-0.2, 0) is 0 Å². The van der Waals surface area contributed by atoms with Crippen LogP contribution in [0.25, 0.3) is 0 Å². The van der Waals surface area contributed by atoms with Crippen molar-refractivity contribution in [3.63, 3.8) is 0 Å². The maximum Gasteiger partial charge on any atom is 0.0746 e. The molecule has 0 rings (SSSR count). The summed E-state index contributed by atoms with van der Waals surface area (Å²) in [6.07, 6.45) is 7.52. The standard InChI is InChI=1S/C11H13N.C2H6/c1-4-7-10(6-3)11(9-12)8-5-2;1-2/h4-7,11H,1-3,8H2;1-2H3/b10-7+;. The lowest BCUT2D eigenvalue weighted by Gasteiger charge is -2.05. The average molecular weight is 189 g/mol. The fourth-order valence-corrected chi connectivity index (χ4v) is 0.893. The van der Waals surface area contributed by atoms with Crippen LogP contribution in [0.15, 0.2) is 49.6 Å². The van der Waals surface area contributed by atoms with Gasteiger partial charge < -0.3 is 0 Å². The van der Waals surface area contributed by atoms with Crippen molar-refractivity contribution in [2.75, 3.05) is 0 Å². The highest BCUT2D eigenvalue weighted by atomic mass is 14.3. The van der Waals surface area contributed by atoms with E-state index >= 15 is 0 Å². The zero-order valence-corrected chi connectivity index (χ0v) is 9.16. The SMILES string of the molecule is C=C/C=C(\C=C)C(C#N)CC=C.CC. The summed E-state index contributed by atoms with van der Waals surface area (Å²) in [5.74, 6) is -0.141. The van der Waals surface area contributed by atoms with E-state index in [1.165, 1.54) is 0 Å². The van der Waals surface area contributed by atoms with E-state index in [-0.39, 0.29) is 5.92 Å². The molecule has 1 heteroatoms. The van der Waals surface area contributed by atoms with Gasteiger partial charge in [0.05, 0.1) is 12.0 Å². The fraction of sp³-hybridized carbons (Fsp3) is 0.308. The van der Waals surface area contributed by atoms with Crippen molar-refractivity contribution < 1.29 is 0 Å². The molecule has 76 valence electrons. The highest BCUT2D eigenvalue weighted by molar-refractivity contribution is 5.28. The molecule has 0 aromatic carbocycles. The molecule has 0 saturated carbocycles. The largest absolute Gasteiger partial charge is 0.198 e. The molecule has 0 aliphatic rings. The van der Waals surface area contributed by atoms with Gasteiger partial charge in [0.1, 0.15) is 0 Å². The van der Waals surface area contributed by atoms with Crippen LogP contribution in [0.5, 0.6) is 0 Å². The van der Waals surface area contributed by atoms with Crippen molar-refractivity contribution >= 4 is 0 Å². The zero-order valence-electron chi connectivity index (χ0n) is 9.16. The third kappa shape index (κ3) is 6.02. The Bertz CT molecular complexity index is 240. The molecule has 0 aliphatic heterocycles. The van der Waals surface area contributed by atoms with Crippen LogP contribution in [0, 0.1) is 17.2 Å². The molecule has 1 atom stereocenters. The van der Waals surface area contributed by atoms with Gasteiger partial charge in [0.15, 0.2) is 0 Å². The number of nitriles is 1. The van der Waals surface area contributed by atoms with E-state index in [1.54, 1.807) is 24.3 Å². The molecule has 0 aromatic heterocycles. The first-order valence-electron chi connectivity index (χ1n) is 4.75. The van der Waals surface area contributed by atoms with Crippen molar-refractivity contribution in [2.45, 2.75) is 20.3 Å². The van der Waals surface area contributed by atoms with Gasteiger partial charge >= 0.3 is 0 Å². The fourth-order valence-electron chi connectivity index (χ4n) is 0.893. The molecule has 1 nitrogen and oxygen atoms in total. The van der Waals surface area contributed by atoms with Gasteiger partial charge in [-0.1, -0.05) is 51.3 Å². The third-order valence-electron chi connectivity index (χ3n) is 1.51. The van der Waals surface area contributed by atoms with Crippen LogP contribution in [0.2, 0.25) is 0 Å². The first kappa shape index (κ1) is 14.9. The summed E-state index contributed by atoms with van der Waals surface area (Å²) < 4.78 is 0. The summed E-state index contributed by atoms with van der Waals surface area (Å²) in [7, 11) is 0. The highest BCUT2D eigenvalue weighted by Crippen LogP contribution is 2.15. The van der Waals surface area contributed by atoms with Crippen molar-refractivity contribution in [3.05, 3.63) is 49.6 Å². The molecule has 0 bridgehead atoms. The second kappa shape index (κ2) is 11.4. The van der Waals surface area contributed by atoms with E-state index in [1.807, 2.05) is 13.8 Å². The number of allylic oxidation sites excluding steroid dienone is 5. The van der Waals surface area contributed by atoms with Gasteiger partial charge in [-0.3, -0.25) is 0 Å². The lowest BCUT2D eigenvalue weighted by Crippen LogP contribution is -1.97. The predicted octanol–water partition coefficient (Wildman–Crippen LogP) is 4.03. The molecule has 0 aromatic rings. The molecule has 0 N–H and O–H groups in total. The lowest BCUT2D eigenvalue weighted by atomic mass is 9.97. The highest BCUT2D eigenvalue weighted by Gasteiger charge is 2.07. The Hall–Kier alpha value is -1.55. The minimum absolute atomic E-state index is 0.141. The van der Waals surface area contributed by atoms with E-state index in [9.17, 15) is 0 Å². The summed E-state index contributed by atoms with van der Waals surface area (Å²) in [4.78, 5) is 0. The summed E-state index contributed by atoms with van der Waals surface area (Å²) in [6.45, 7) is 14.8. The average Bonchev–Trinajstić information content (AvgIpc) is 2.26. The van der Waals surface area contributed by atoms with Gasteiger partial charge in [-0.15, -0.1) is 6.58 Å². The summed E-state index contributed by atoms with van der Waals surface area (Å²) >= 11 is 0. The summed E-state index contributed by atoms with van der Waals surface area (Å²) in [5.41, 5.74) is 0.896. The smallest absolute Gasteiger partial charge is 0.0746 e. The Labute approximate surface area is 87.8 Å². The molecule has 0 fully saturated rings. The Morgan fingerprint density at radius 1 is 1.36 bits per heavy atom. The Kier molecular flexibility index (Phi) is 12.2. The van der Waals surface area contributed by atoms with Crippen LogP contribution in [-0.4, -0.2) is 0 Å². The third-order valence-corrected chi connectivity index (χ3v) is 1.51. The predicted molar refractivity (Wildman–Crippen MR) is 63.7 cm³/mol. The van der Waals surface area contributed by atoms with Crippen molar-refractivity contribution in [3.8, 4) is 6.07 Å². The van der Waals surface area contributed by atoms with Gasteiger partial charge in [-0.05, 0) is 12.0 Å². The first-order chi connectivity index (χ1) is 6.79. The van der Waals surface area contributed by atoms with Gasteiger partial charge in [0.2, 0.25) is 0 Å². The number of hydrogen-bond acceptors (Lipinski definition) is 1. The molecular weight excluding hydrogens is 170 g/mol. The molecule has 0 aliphatic carbocycles. The maximum absolute atomic E-state index is 8.76. The Morgan fingerprint density at radius 3 is 2.21 bits per heavy atom. The maximum atomic E-state index is 8.76. The number of nitrogens with zero attached hydrogens (tertiary/aromatic N) is 1. The minimum Gasteiger partial charge on any atom is -0.198 e. The molecule has 14 heavy (non-hydrogen) atoms. The molecule has 0 radical (unpaired) electrons. The van der Waals surface area contributed by atoms with Crippen LogP contribution < -0.4 is 0 Å². The van der Waals surface area contributed by atoms with E-state index in [2.05, 4.69) is 25.8 Å². The second-order valence-electron chi connectivity index (χ2n) is 2.31. The van der Waals surface area contributed by atoms with Crippen molar-refractivity contribution in [1.82, 2.24) is 0 Å². The number of rotatable bonds is 5. The van der Waals surface area contributed by atoms with Gasteiger partial charge in [-0.2, -0.15) is 5.26 Å². The van der Waals surface area contributed by atoms with Crippen LogP contribution in [0.3, 0.4) is 0 Å². The van der Waals surface area contributed by atoms with E-state index in [0.717, 1.165) is 5.57 Å². The molecule has 1 unspecified atom stereocenters. The molecule has 0 saturated heterocycles. The van der Waals surface area contributed by atoms with Gasteiger partial charge in [0.25, 0.3) is 0 Å². The van der Waals surface area contributed by atoms with Crippen LogP contribution >= 0.6 is 0 Å². The molecule has 0 amide bonds. The molecule has 0 spiro atoms. The monoisotopic (exact) mass is 189 g/mol. The second-order valence-corrected chi connectivity index (χ2v) is 2.31. The first-order valence-corrected chi connectivity index (χ1v) is 4.75. The number of hydrogen-bond donors (Lipinski definition) is 0. The summed E-state index contributed by atoms with van der Waals surface area (Å²) in [5, 5.41) is 8.76. The van der Waals surface area contributed by atoms with E-state index < -0.39 is 0 Å². The normalized spacial score (nSPS) is 11.4. The van der Waals surface area contributed by atoms with Gasteiger partial charge in [0, 0.05) is 0 Å². The van der Waals surface area contributed by atoms with Crippen LogP contribution in [0.1, 0.15) is 20.3 Å². The molecular formula is C13H19N.